The number of rotatable bonds is 5. The maximum absolute atomic E-state index is 12.5. The van der Waals surface area contributed by atoms with E-state index in [0.29, 0.717) is 38.5 Å². The van der Waals surface area contributed by atoms with Gasteiger partial charge in [-0.1, -0.05) is 0 Å². The summed E-state index contributed by atoms with van der Waals surface area (Å²) >= 11 is 1.69. The molecule has 0 radical (unpaired) electrons. The Kier molecular flexibility index (Phi) is 4.83. The predicted octanol–water partition coefficient (Wildman–Crippen LogP) is 2.71. The van der Waals surface area contributed by atoms with E-state index in [4.69, 9.17) is 15.2 Å². The molecule has 0 aliphatic carbocycles. The predicted molar refractivity (Wildman–Crippen MR) is 91.3 cm³/mol. The highest BCUT2D eigenvalue weighted by Gasteiger charge is 2.20. The number of hydrogen-bond donors (Lipinski definition) is 1. The van der Waals surface area contributed by atoms with Gasteiger partial charge in [0.1, 0.15) is 13.2 Å². The van der Waals surface area contributed by atoms with Crippen molar-refractivity contribution in [1.82, 2.24) is 0 Å². The summed E-state index contributed by atoms with van der Waals surface area (Å²) in [6.45, 7) is 4.01. The Morgan fingerprint density at radius 1 is 1.22 bits per heavy atom. The minimum atomic E-state index is 0.00947. The third-order valence-corrected chi connectivity index (χ3v) is 4.59. The molecule has 1 aromatic heterocycles. The summed E-state index contributed by atoms with van der Waals surface area (Å²) in [5.41, 5.74) is 6.37. The van der Waals surface area contributed by atoms with Crippen LogP contribution in [0.5, 0.6) is 11.5 Å². The molecule has 122 valence electrons. The molecular formula is C17H20N2O3S. The quantitative estimate of drug-likeness (QED) is 0.914. The van der Waals surface area contributed by atoms with Crippen LogP contribution in [0, 0.1) is 6.92 Å². The number of fused-ring (bicyclic) bond motifs is 1. The Morgan fingerprint density at radius 3 is 2.70 bits per heavy atom. The van der Waals surface area contributed by atoms with E-state index in [1.807, 2.05) is 18.2 Å². The first-order valence-electron chi connectivity index (χ1n) is 7.63. The molecule has 2 N–H and O–H groups in total. The number of benzene rings is 1. The second-order valence-electron chi connectivity index (χ2n) is 5.36. The highest BCUT2D eigenvalue weighted by molar-refractivity contribution is 7.11. The molecule has 0 saturated carbocycles. The molecule has 0 spiro atoms. The molecule has 0 saturated heterocycles. The van der Waals surface area contributed by atoms with Crippen molar-refractivity contribution in [3.8, 4) is 11.5 Å². The fourth-order valence-corrected chi connectivity index (χ4v) is 3.39. The number of aryl methyl sites for hydroxylation is 1. The molecule has 2 heterocycles. The molecule has 1 aliphatic rings. The number of anilines is 1. The van der Waals surface area contributed by atoms with Gasteiger partial charge in [-0.3, -0.25) is 4.79 Å². The van der Waals surface area contributed by atoms with E-state index in [1.54, 1.807) is 16.2 Å². The maximum Gasteiger partial charge on any atom is 0.228 e. The second-order valence-corrected chi connectivity index (χ2v) is 6.73. The highest BCUT2D eigenvalue weighted by atomic mass is 32.1. The van der Waals surface area contributed by atoms with Gasteiger partial charge in [0.15, 0.2) is 11.5 Å². The van der Waals surface area contributed by atoms with Gasteiger partial charge in [0, 0.05) is 34.5 Å². The molecule has 2 aromatic rings. The van der Waals surface area contributed by atoms with Crippen molar-refractivity contribution in [1.29, 1.82) is 0 Å². The molecule has 0 bridgehead atoms. The molecule has 1 aromatic carbocycles. The lowest BCUT2D eigenvalue weighted by Gasteiger charge is -2.25. The fourth-order valence-electron chi connectivity index (χ4n) is 2.51. The van der Waals surface area contributed by atoms with Crippen molar-refractivity contribution in [2.75, 3.05) is 24.7 Å². The highest BCUT2D eigenvalue weighted by Crippen LogP contribution is 2.35. The number of amides is 1. The van der Waals surface area contributed by atoms with Crippen molar-refractivity contribution in [3.05, 3.63) is 40.1 Å². The van der Waals surface area contributed by atoms with Crippen molar-refractivity contribution in [3.63, 3.8) is 0 Å². The first-order valence-corrected chi connectivity index (χ1v) is 8.44. The van der Waals surface area contributed by atoms with E-state index in [0.717, 1.165) is 16.3 Å². The van der Waals surface area contributed by atoms with E-state index in [-0.39, 0.29) is 5.91 Å². The maximum atomic E-state index is 12.5. The zero-order valence-corrected chi connectivity index (χ0v) is 13.9. The van der Waals surface area contributed by atoms with Crippen LogP contribution < -0.4 is 20.1 Å². The second kappa shape index (κ2) is 7.02. The Labute approximate surface area is 139 Å². The molecule has 5 nitrogen and oxygen atoms in total. The van der Waals surface area contributed by atoms with Gasteiger partial charge in [0.25, 0.3) is 0 Å². The molecule has 0 fully saturated rings. The number of carbonyl (C=O) groups excluding carboxylic acids is 1. The fraction of sp³-hybridized carbons (Fsp3) is 0.353. The SMILES string of the molecule is Cc1ccc(CN(C(=O)CCN)c2ccc3c(c2)OCCO3)s1. The van der Waals surface area contributed by atoms with Gasteiger partial charge < -0.3 is 20.1 Å². The number of nitrogens with two attached hydrogens (primary N) is 1. The van der Waals surface area contributed by atoms with E-state index < -0.39 is 0 Å². The molecule has 23 heavy (non-hydrogen) atoms. The number of thiophene rings is 1. The van der Waals surface area contributed by atoms with Crippen molar-refractivity contribution in [2.45, 2.75) is 19.9 Å². The van der Waals surface area contributed by atoms with Crippen LogP contribution in [-0.4, -0.2) is 25.7 Å². The largest absolute Gasteiger partial charge is 0.486 e. The van der Waals surface area contributed by atoms with Crippen LogP contribution in [0.25, 0.3) is 0 Å². The molecule has 6 heteroatoms. The summed E-state index contributed by atoms with van der Waals surface area (Å²) < 4.78 is 11.2. The van der Waals surface area contributed by atoms with Gasteiger partial charge >= 0.3 is 0 Å². The summed E-state index contributed by atoms with van der Waals surface area (Å²) in [5, 5.41) is 0. The van der Waals surface area contributed by atoms with Crippen LogP contribution in [-0.2, 0) is 11.3 Å². The third-order valence-electron chi connectivity index (χ3n) is 3.61. The van der Waals surface area contributed by atoms with Crippen molar-refractivity contribution >= 4 is 22.9 Å². The first kappa shape index (κ1) is 15.8. The van der Waals surface area contributed by atoms with Crippen LogP contribution in [0.3, 0.4) is 0 Å². The van der Waals surface area contributed by atoms with Gasteiger partial charge in [-0.15, -0.1) is 11.3 Å². The smallest absolute Gasteiger partial charge is 0.228 e. The molecule has 3 rings (SSSR count). The Morgan fingerprint density at radius 2 is 2.00 bits per heavy atom. The first-order chi connectivity index (χ1) is 11.2. The molecule has 0 atom stereocenters. The summed E-state index contributed by atoms with van der Waals surface area (Å²) in [4.78, 5) is 16.6. The van der Waals surface area contributed by atoms with Crippen LogP contribution >= 0.6 is 11.3 Å². The zero-order valence-electron chi connectivity index (χ0n) is 13.1. The molecule has 0 unspecified atom stereocenters. The van der Waals surface area contributed by atoms with Crippen LogP contribution in [0.1, 0.15) is 16.2 Å². The third kappa shape index (κ3) is 3.65. The van der Waals surface area contributed by atoms with Crippen LogP contribution in [0.4, 0.5) is 5.69 Å². The molecule has 1 aliphatic heterocycles. The lowest BCUT2D eigenvalue weighted by Crippen LogP contribution is -2.31. The summed E-state index contributed by atoms with van der Waals surface area (Å²) in [6.07, 6.45) is 0.318. The Bertz CT molecular complexity index is 699. The topological polar surface area (TPSA) is 64.8 Å². The van der Waals surface area contributed by atoms with Crippen molar-refractivity contribution in [2.24, 2.45) is 5.73 Å². The van der Waals surface area contributed by atoms with Crippen LogP contribution in [0.2, 0.25) is 0 Å². The van der Waals surface area contributed by atoms with E-state index in [9.17, 15) is 4.79 Å². The Balaban J connectivity index is 1.89. The summed E-state index contributed by atoms with van der Waals surface area (Å²) in [5.74, 6) is 1.41. The van der Waals surface area contributed by atoms with Gasteiger partial charge in [0.2, 0.25) is 5.91 Å². The minimum Gasteiger partial charge on any atom is -0.486 e. The zero-order chi connectivity index (χ0) is 16.2. The van der Waals surface area contributed by atoms with Gasteiger partial charge in [-0.25, -0.2) is 0 Å². The standard InChI is InChI=1S/C17H20N2O3S/c1-12-2-4-14(23-12)11-19(17(20)6-7-18)13-3-5-15-16(10-13)22-9-8-21-15/h2-5,10H,6-9,11,18H2,1H3. The average Bonchev–Trinajstić information content (AvgIpc) is 2.97. The average molecular weight is 332 g/mol. The van der Waals surface area contributed by atoms with E-state index in [1.165, 1.54) is 4.88 Å². The number of carbonyl (C=O) groups is 1. The van der Waals surface area contributed by atoms with E-state index >= 15 is 0 Å². The van der Waals surface area contributed by atoms with Crippen LogP contribution in [0.15, 0.2) is 30.3 Å². The number of ether oxygens (including phenoxy) is 2. The van der Waals surface area contributed by atoms with Gasteiger partial charge in [0.05, 0.1) is 6.54 Å². The van der Waals surface area contributed by atoms with Gasteiger partial charge in [-0.05, 0) is 31.2 Å². The Hall–Kier alpha value is -2.05. The number of nitrogens with zero attached hydrogens (tertiary/aromatic N) is 1. The number of hydrogen-bond acceptors (Lipinski definition) is 5. The normalized spacial score (nSPS) is 13.0. The van der Waals surface area contributed by atoms with E-state index in [2.05, 4.69) is 19.1 Å². The summed E-state index contributed by atoms with van der Waals surface area (Å²) in [7, 11) is 0. The molecule has 1 amide bonds. The lowest BCUT2D eigenvalue weighted by molar-refractivity contribution is -0.118. The minimum absolute atomic E-state index is 0.00947. The van der Waals surface area contributed by atoms with Crippen molar-refractivity contribution < 1.29 is 14.3 Å². The lowest BCUT2D eigenvalue weighted by atomic mass is 10.2. The molecular weight excluding hydrogens is 312 g/mol. The summed E-state index contributed by atoms with van der Waals surface area (Å²) in [6, 6.07) is 9.73. The van der Waals surface area contributed by atoms with Gasteiger partial charge in [-0.2, -0.15) is 0 Å². The monoisotopic (exact) mass is 332 g/mol.